The molecule has 21 heavy (non-hydrogen) atoms. The molecule has 0 aromatic carbocycles. The highest BCUT2D eigenvalue weighted by atomic mass is 32.1. The van der Waals surface area contributed by atoms with Crippen molar-refractivity contribution in [2.45, 2.75) is 46.1 Å². The number of aromatic nitrogens is 3. The molecular formula is C15H21N3O2S. The number of carbonyl (C=O) groups is 1. The quantitative estimate of drug-likeness (QED) is 0.794. The van der Waals surface area contributed by atoms with Gasteiger partial charge in [-0.05, 0) is 34.6 Å². The molecule has 0 atom stereocenters. The highest BCUT2D eigenvalue weighted by Gasteiger charge is 2.34. The predicted molar refractivity (Wildman–Crippen MR) is 83.4 cm³/mol. The lowest BCUT2D eigenvalue weighted by Gasteiger charge is -2.19. The summed E-state index contributed by atoms with van der Waals surface area (Å²) in [6.07, 6.45) is 3.78. The Labute approximate surface area is 129 Å². The van der Waals surface area contributed by atoms with E-state index in [0.717, 1.165) is 16.3 Å². The third kappa shape index (κ3) is 3.15. The molecule has 2 aromatic heterocycles. The molecule has 5 nitrogen and oxygen atoms in total. The summed E-state index contributed by atoms with van der Waals surface area (Å²) in [5.41, 5.74) is 0.969. The Morgan fingerprint density at radius 3 is 2.76 bits per heavy atom. The van der Waals surface area contributed by atoms with Crippen LogP contribution in [0.3, 0.4) is 0 Å². The van der Waals surface area contributed by atoms with Crippen molar-refractivity contribution in [2.75, 3.05) is 6.61 Å². The van der Waals surface area contributed by atoms with Gasteiger partial charge in [0.2, 0.25) is 0 Å². The summed E-state index contributed by atoms with van der Waals surface area (Å²) in [6.45, 7) is 10.0. The molecule has 0 radical (unpaired) electrons. The zero-order chi connectivity index (χ0) is 15.6. The van der Waals surface area contributed by atoms with Crippen molar-refractivity contribution < 1.29 is 9.53 Å². The summed E-state index contributed by atoms with van der Waals surface area (Å²) >= 11 is 1.52. The smallest absolute Gasteiger partial charge is 0.317 e. The number of hydrogen-bond donors (Lipinski definition) is 0. The van der Waals surface area contributed by atoms with Crippen LogP contribution in [0.2, 0.25) is 0 Å². The second-order valence-electron chi connectivity index (χ2n) is 5.69. The Hall–Kier alpha value is -1.69. The summed E-state index contributed by atoms with van der Waals surface area (Å²) < 4.78 is 7.02. The zero-order valence-corrected chi connectivity index (χ0v) is 13.9. The van der Waals surface area contributed by atoms with Gasteiger partial charge in [0.25, 0.3) is 0 Å². The Kier molecular flexibility index (Phi) is 4.46. The van der Waals surface area contributed by atoms with Crippen LogP contribution < -0.4 is 0 Å². The van der Waals surface area contributed by atoms with Gasteiger partial charge in [-0.3, -0.25) is 9.48 Å². The van der Waals surface area contributed by atoms with Crippen LogP contribution in [0.15, 0.2) is 17.8 Å². The van der Waals surface area contributed by atoms with Crippen LogP contribution in [-0.4, -0.2) is 27.3 Å². The molecule has 0 aliphatic rings. The SMILES string of the molecule is CCOC(=O)C(C)(C)c1csc(-c2cnn(C(C)C)c2)n1. The lowest BCUT2D eigenvalue weighted by Crippen LogP contribution is -2.31. The Morgan fingerprint density at radius 1 is 1.48 bits per heavy atom. The number of ether oxygens (including phenoxy) is 1. The monoisotopic (exact) mass is 307 g/mol. The predicted octanol–water partition coefficient (Wildman–Crippen LogP) is 3.43. The normalized spacial score (nSPS) is 11.9. The molecular weight excluding hydrogens is 286 g/mol. The molecule has 0 aliphatic heterocycles. The van der Waals surface area contributed by atoms with Crippen LogP contribution in [-0.2, 0) is 14.9 Å². The van der Waals surface area contributed by atoms with Gasteiger partial charge in [0, 0.05) is 23.2 Å². The lowest BCUT2D eigenvalue weighted by molar-refractivity contribution is -0.148. The first-order valence-corrected chi connectivity index (χ1v) is 7.92. The third-order valence-corrected chi connectivity index (χ3v) is 4.20. The molecule has 0 saturated heterocycles. The van der Waals surface area contributed by atoms with Crippen molar-refractivity contribution in [2.24, 2.45) is 0 Å². The van der Waals surface area contributed by atoms with Gasteiger partial charge in [0.15, 0.2) is 0 Å². The Balaban J connectivity index is 2.26. The minimum atomic E-state index is -0.737. The van der Waals surface area contributed by atoms with Gasteiger partial charge in [-0.15, -0.1) is 11.3 Å². The maximum Gasteiger partial charge on any atom is 0.317 e. The van der Waals surface area contributed by atoms with E-state index in [1.807, 2.05) is 30.1 Å². The van der Waals surface area contributed by atoms with Crippen molar-refractivity contribution >= 4 is 17.3 Å². The maximum atomic E-state index is 12.0. The first-order valence-electron chi connectivity index (χ1n) is 7.04. The summed E-state index contributed by atoms with van der Waals surface area (Å²) in [5.74, 6) is -0.250. The molecule has 0 saturated carbocycles. The van der Waals surface area contributed by atoms with E-state index in [0.29, 0.717) is 12.6 Å². The molecule has 0 bridgehead atoms. The molecule has 114 valence electrons. The van der Waals surface area contributed by atoms with Gasteiger partial charge >= 0.3 is 5.97 Å². The number of esters is 1. The van der Waals surface area contributed by atoms with Crippen molar-refractivity contribution in [3.63, 3.8) is 0 Å². The average molecular weight is 307 g/mol. The number of nitrogens with zero attached hydrogens (tertiary/aromatic N) is 3. The Morgan fingerprint density at radius 2 is 2.19 bits per heavy atom. The van der Waals surface area contributed by atoms with Crippen molar-refractivity contribution in [1.29, 1.82) is 0 Å². The molecule has 0 fully saturated rings. The van der Waals surface area contributed by atoms with E-state index in [2.05, 4.69) is 23.9 Å². The number of rotatable bonds is 5. The van der Waals surface area contributed by atoms with Crippen LogP contribution in [0.4, 0.5) is 0 Å². The van der Waals surface area contributed by atoms with Crippen LogP contribution in [0.25, 0.3) is 10.6 Å². The molecule has 2 rings (SSSR count). The van der Waals surface area contributed by atoms with Gasteiger partial charge in [-0.25, -0.2) is 4.98 Å². The van der Waals surface area contributed by atoms with Gasteiger partial charge in [0.1, 0.15) is 10.4 Å². The minimum absolute atomic E-state index is 0.250. The number of thiazole rings is 1. The molecule has 0 N–H and O–H groups in total. The van der Waals surface area contributed by atoms with Crippen LogP contribution >= 0.6 is 11.3 Å². The van der Waals surface area contributed by atoms with E-state index in [-0.39, 0.29) is 5.97 Å². The van der Waals surface area contributed by atoms with Crippen LogP contribution in [0.1, 0.15) is 46.4 Å². The lowest BCUT2D eigenvalue weighted by atomic mass is 9.90. The first kappa shape index (κ1) is 15.7. The van der Waals surface area contributed by atoms with E-state index in [9.17, 15) is 4.79 Å². The van der Waals surface area contributed by atoms with Crippen molar-refractivity contribution in [3.8, 4) is 10.6 Å². The number of hydrogen-bond acceptors (Lipinski definition) is 5. The summed E-state index contributed by atoms with van der Waals surface area (Å²) in [4.78, 5) is 16.6. The molecule has 2 aromatic rings. The van der Waals surface area contributed by atoms with Gasteiger partial charge in [-0.2, -0.15) is 5.10 Å². The first-order chi connectivity index (χ1) is 9.86. The van der Waals surface area contributed by atoms with E-state index < -0.39 is 5.41 Å². The fourth-order valence-corrected chi connectivity index (χ4v) is 2.80. The second kappa shape index (κ2) is 5.97. The van der Waals surface area contributed by atoms with Crippen molar-refractivity contribution in [3.05, 3.63) is 23.5 Å². The second-order valence-corrected chi connectivity index (χ2v) is 6.54. The topological polar surface area (TPSA) is 57.0 Å². The Bertz CT molecular complexity index is 628. The average Bonchev–Trinajstić information content (AvgIpc) is 3.08. The van der Waals surface area contributed by atoms with Crippen LogP contribution in [0.5, 0.6) is 0 Å². The molecule has 6 heteroatoms. The van der Waals surface area contributed by atoms with E-state index in [1.54, 1.807) is 13.1 Å². The van der Waals surface area contributed by atoms with E-state index >= 15 is 0 Å². The maximum absolute atomic E-state index is 12.0. The number of carbonyl (C=O) groups excluding carboxylic acids is 1. The fraction of sp³-hybridized carbons (Fsp3) is 0.533. The summed E-state index contributed by atoms with van der Waals surface area (Å²) in [5, 5.41) is 7.11. The zero-order valence-electron chi connectivity index (χ0n) is 13.1. The molecule has 2 heterocycles. The van der Waals surface area contributed by atoms with Crippen LogP contribution in [0, 0.1) is 0 Å². The summed E-state index contributed by atoms with van der Waals surface area (Å²) in [7, 11) is 0. The fourth-order valence-electron chi connectivity index (χ4n) is 1.84. The van der Waals surface area contributed by atoms with Gasteiger partial charge in [-0.1, -0.05) is 0 Å². The van der Waals surface area contributed by atoms with E-state index in [4.69, 9.17) is 4.74 Å². The van der Waals surface area contributed by atoms with E-state index in [1.165, 1.54) is 11.3 Å². The van der Waals surface area contributed by atoms with Crippen molar-refractivity contribution in [1.82, 2.24) is 14.8 Å². The highest BCUT2D eigenvalue weighted by Crippen LogP contribution is 2.31. The third-order valence-electron chi connectivity index (χ3n) is 3.31. The largest absolute Gasteiger partial charge is 0.465 e. The summed E-state index contributed by atoms with van der Waals surface area (Å²) in [6, 6.07) is 0.314. The standard InChI is InChI=1S/C15H21N3O2S/c1-6-20-14(19)15(4,5)12-9-21-13(17-12)11-7-16-18(8-11)10(2)3/h7-10H,6H2,1-5H3. The molecule has 0 amide bonds. The van der Waals surface area contributed by atoms with Gasteiger partial charge < -0.3 is 4.74 Å². The van der Waals surface area contributed by atoms with Gasteiger partial charge in [0.05, 0.1) is 18.5 Å². The molecule has 0 unspecified atom stereocenters. The highest BCUT2D eigenvalue weighted by molar-refractivity contribution is 7.13. The minimum Gasteiger partial charge on any atom is -0.465 e. The molecule has 0 aliphatic carbocycles. The molecule has 0 spiro atoms.